The van der Waals surface area contributed by atoms with E-state index in [1.165, 1.54) is 0 Å². The van der Waals surface area contributed by atoms with E-state index in [1.54, 1.807) is 6.26 Å². The van der Waals surface area contributed by atoms with Crippen LogP contribution in [-0.2, 0) is 0 Å². The number of hydrogen-bond acceptors (Lipinski definition) is 3. The summed E-state index contributed by atoms with van der Waals surface area (Å²) in [6.07, 6.45) is 1.64. The van der Waals surface area contributed by atoms with Crippen LogP contribution in [-0.4, -0.2) is 17.0 Å². The van der Waals surface area contributed by atoms with E-state index in [4.69, 9.17) is 4.42 Å². The van der Waals surface area contributed by atoms with Crippen LogP contribution >= 0.6 is 15.9 Å². The molecule has 0 fully saturated rings. The van der Waals surface area contributed by atoms with E-state index < -0.39 is 0 Å². The second-order valence-corrected chi connectivity index (χ2v) is 5.09. The smallest absolute Gasteiger partial charge is 0.323 e. The second kappa shape index (κ2) is 4.71. The highest BCUT2D eigenvalue weighted by Crippen LogP contribution is 2.31. The Balaban J connectivity index is 2.17. The average molecular weight is 322 g/mol. The molecule has 0 saturated carbocycles. The molecule has 0 aliphatic carbocycles. The Labute approximate surface area is 117 Å². The normalized spacial score (nSPS) is 12.9. The Morgan fingerprint density at radius 3 is 2.68 bits per heavy atom. The van der Waals surface area contributed by atoms with Crippen molar-refractivity contribution < 1.29 is 4.42 Å². The monoisotopic (exact) mass is 321 g/mol. The molecule has 2 aromatic heterocycles. The predicted molar refractivity (Wildman–Crippen MR) is 76.2 cm³/mol. The number of hydrogen-bond donors (Lipinski definition) is 3. The lowest BCUT2D eigenvalue weighted by atomic mass is 10.0. The first-order chi connectivity index (χ1) is 9.19. The number of imidazole rings is 1. The Hall–Kier alpha value is -1.79. The number of H-pyrrole nitrogens is 2. The molecule has 5 nitrogen and oxygen atoms in total. The standard InChI is InChI=1S/C13H12BrN3O2/c1-15-12(11-3-2-4-19-11)7-5-9-10(6-8(7)14)17-13(18)16-9/h2-6,12,15H,1H3,(H2,16,17,18). The number of fused-ring (bicyclic) bond motifs is 1. The van der Waals surface area contributed by atoms with E-state index in [-0.39, 0.29) is 11.7 Å². The highest BCUT2D eigenvalue weighted by Gasteiger charge is 2.18. The second-order valence-electron chi connectivity index (χ2n) is 4.24. The van der Waals surface area contributed by atoms with Gasteiger partial charge in [0.2, 0.25) is 0 Å². The first-order valence-electron chi connectivity index (χ1n) is 5.81. The van der Waals surface area contributed by atoms with Crippen LogP contribution in [0.2, 0.25) is 0 Å². The molecule has 6 heteroatoms. The lowest BCUT2D eigenvalue weighted by Crippen LogP contribution is -2.17. The van der Waals surface area contributed by atoms with Crippen LogP contribution in [0, 0.1) is 0 Å². The Morgan fingerprint density at radius 2 is 2.05 bits per heavy atom. The molecule has 1 unspecified atom stereocenters. The lowest BCUT2D eigenvalue weighted by Gasteiger charge is -2.16. The minimum Gasteiger partial charge on any atom is -0.467 e. The molecule has 0 saturated heterocycles. The fourth-order valence-corrected chi connectivity index (χ4v) is 2.77. The molecule has 2 heterocycles. The zero-order valence-corrected chi connectivity index (χ0v) is 11.7. The van der Waals surface area contributed by atoms with E-state index in [9.17, 15) is 4.79 Å². The molecular weight excluding hydrogens is 310 g/mol. The molecule has 98 valence electrons. The largest absolute Gasteiger partial charge is 0.467 e. The summed E-state index contributed by atoms with van der Waals surface area (Å²) in [5.74, 6) is 0.820. The number of halogens is 1. The van der Waals surface area contributed by atoms with Gasteiger partial charge in [-0.2, -0.15) is 0 Å². The molecule has 0 bridgehead atoms. The maximum atomic E-state index is 11.3. The van der Waals surface area contributed by atoms with Crippen LogP contribution in [0.1, 0.15) is 17.4 Å². The van der Waals surface area contributed by atoms with E-state index in [2.05, 4.69) is 31.2 Å². The van der Waals surface area contributed by atoms with E-state index in [0.717, 1.165) is 26.8 Å². The zero-order valence-electron chi connectivity index (χ0n) is 10.2. The minimum atomic E-state index is -0.210. The van der Waals surface area contributed by atoms with Crippen molar-refractivity contribution in [2.45, 2.75) is 6.04 Å². The van der Waals surface area contributed by atoms with Crippen LogP contribution in [0.25, 0.3) is 11.0 Å². The summed E-state index contributed by atoms with van der Waals surface area (Å²) in [5, 5.41) is 3.21. The van der Waals surface area contributed by atoms with Gasteiger partial charge in [0.1, 0.15) is 5.76 Å². The summed E-state index contributed by atoms with van der Waals surface area (Å²) in [7, 11) is 1.86. The van der Waals surface area contributed by atoms with Crippen LogP contribution in [0.4, 0.5) is 0 Å². The highest BCUT2D eigenvalue weighted by molar-refractivity contribution is 9.10. The summed E-state index contributed by atoms with van der Waals surface area (Å²) in [6, 6.07) is 7.51. The number of benzene rings is 1. The van der Waals surface area contributed by atoms with Crippen molar-refractivity contribution in [2.24, 2.45) is 0 Å². The van der Waals surface area contributed by atoms with Crippen molar-refractivity contribution in [3.05, 3.63) is 56.8 Å². The van der Waals surface area contributed by atoms with Crippen molar-refractivity contribution in [3.8, 4) is 0 Å². The maximum absolute atomic E-state index is 11.3. The van der Waals surface area contributed by atoms with Crippen molar-refractivity contribution in [1.29, 1.82) is 0 Å². The Kier molecular flexibility index (Phi) is 3.04. The van der Waals surface area contributed by atoms with Gasteiger partial charge in [-0.1, -0.05) is 15.9 Å². The number of rotatable bonds is 3. The predicted octanol–water partition coefficient (Wildman–Crippen LogP) is 2.52. The number of furan rings is 1. The molecule has 0 aliphatic heterocycles. The van der Waals surface area contributed by atoms with E-state index >= 15 is 0 Å². The highest BCUT2D eigenvalue weighted by atomic mass is 79.9. The summed E-state index contributed by atoms with van der Waals surface area (Å²) in [5.41, 5.74) is 2.34. The topological polar surface area (TPSA) is 73.8 Å². The van der Waals surface area contributed by atoms with Gasteiger partial charge in [-0.15, -0.1) is 0 Å². The first-order valence-corrected chi connectivity index (χ1v) is 6.60. The average Bonchev–Trinajstić information content (AvgIpc) is 2.99. The molecule has 0 aliphatic rings. The van der Waals surface area contributed by atoms with Gasteiger partial charge in [-0.3, -0.25) is 0 Å². The number of nitrogens with one attached hydrogen (secondary N) is 3. The first kappa shape index (κ1) is 12.3. The van der Waals surface area contributed by atoms with Gasteiger partial charge in [0.25, 0.3) is 0 Å². The van der Waals surface area contributed by atoms with Crippen LogP contribution in [0.3, 0.4) is 0 Å². The molecule has 0 spiro atoms. The fourth-order valence-electron chi connectivity index (χ4n) is 2.20. The van der Waals surface area contributed by atoms with Gasteiger partial charge >= 0.3 is 5.69 Å². The fraction of sp³-hybridized carbons (Fsp3) is 0.154. The van der Waals surface area contributed by atoms with E-state index in [1.807, 2.05) is 31.3 Å². The molecule has 0 radical (unpaired) electrons. The van der Waals surface area contributed by atoms with Crippen molar-refractivity contribution >= 4 is 27.0 Å². The van der Waals surface area contributed by atoms with E-state index in [0.29, 0.717) is 0 Å². The summed E-state index contributed by atoms with van der Waals surface area (Å²) in [6.45, 7) is 0. The molecule has 1 atom stereocenters. The Morgan fingerprint density at radius 1 is 1.32 bits per heavy atom. The van der Waals surface area contributed by atoms with Gasteiger partial charge in [0.05, 0.1) is 23.3 Å². The maximum Gasteiger partial charge on any atom is 0.323 e. The van der Waals surface area contributed by atoms with Gasteiger partial charge in [-0.05, 0) is 36.9 Å². The molecule has 0 amide bonds. The van der Waals surface area contributed by atoms with Crippen LogP contribution in [0.15, 0.2) is 44.2 Å². The molecule has 19 heavy (non-hydrogen) atoms. The van der Waals surface area contributed by atoms with Gasteiger partial charge in [-0.25, -0.2) is 4.79 Å². The third-order valence-electron chi connectivity index (χ3n) is 3.06. The SMILES string of the molecule is CNC(c1ccco1)c1cc2[nH]c(=O)[nH]c2cc1Br. The number of aromatic nitrogens is 2. The van der Waals surface area contributed by atoms with Gasteiger partial charge in [0, 0.05) is 4.47 Å². The quantitative estimate of drug-likeness (QED) is 0.694. The lowest BCUT2D eigenvalue weighted by molar-refractivity contribution is 0.463. The summed E-state index contributed by atoms with van der Waals surface area (Å²) in [4.78, 5) is 16.8. The summed E-state index contributed by atoms with van der Waals surface area (Å²) >= 11 is 3.54. The third-order valence-corrected chi connectivity index (χ3v) is 3.75. The van der Waals surface area contributed by atoms with Crippen LogP contribution in [0.5, 0.6) is 0 Å². The summed E-state index contributed by atoms with van der Waals surface area (Å²) < 4.78 is 6.36. The molecule has 3 rings (SSSR count). The molecule has 3 aromatic rings. The zero-order chi connectivity index (χ0) is 13.4. The molecule has 3 N–H and O–H groups in total. The van der Waals surface area contributed by atoms with Crippen molar-refractivity contribution in [3.63, 3.8) is 0 Å². The van der Waals surface area contributed by atoms with Crippen molar-refractivity contribution in [1.82, 2.24) is 15.3 Å². The minimum absolute atomic E-state index is 0.0767. The third kappa shape index (κ3) is 2.13. The van der Waals surface area contributed by atoms with Gasteiger partial charge in [0.15, 0.2) is 0 Å². The molecule has 1 aromatic carbocycles. The van der Waals surface area contributed by atoms with Crippen molar-refractivity contribution in [2.75, 3.05) is 7.05 Å². The number of aromatic amines is 2. The Bertz CT molecular complexity index is 758. The van der Waals surface area contributed by atoms with Gasteiger partial charge < -0.3 is 19.7 Å². The van der Waals surface area contributed by atoms with Crippen LogP contribution < -0.4 is 11.0 Å². The molecular formula is C13H12BrN3O2.